The Bertz CT molecular complexity index is 1220. The van der Waals surface area contributed by atoms with Crippen molar-refractivity contribution in [2.45, 2.75) is 22.8 Å². The monoisotopic (exact) mass is 447 g/mol. The number of nitro groups is 1. The van der Waals surface area contributed by atoms with Gasteiger partial charge in [-0.1, -0.05) is 42.1 Å². The Balaban J connectivity index is 1.72. The van der Waals surface area contributed by atoms with Gasteiger partial charge in [0.1, 0.15) is 6.07 Å². The highest BCUT2D eigenvalue weighted by Gasteiger charge is 2.22. The maximum atomic E-state index is 12.8. The van der Waals surface area contributed by atoms with Crippen molar-refractivity contribution in [3.8, 4) is 6.07 Å². The van der Waals surface area contributed by atoms with Crippen molar-refractivity contribution in [3.05, 3.63) is 94.0 Å². The van der Waals surface area contributed by atoms with Crippen LogP contribution in [-0.4, -0.2) is 22.9 Å². The normalized spacial score (nSPS) is 11.1. The molecule has 0 saturated carbocycles. The molecule has 3 aromatic carbocycles. The van der Waals surface area contributed by atoms with Gasteiger partial charge >= 0.3 is 5.97 Å². The van der Waals surface area contributed by atoms with Crippen molar-refractivity contribution in [1.29, 1.82) is 5.26 Å². The summed E-state index contributed by atoms with van der Waals surface area (Å²) in [4.78, 5) is 36.7. The van der Waals surface area contributed by atoms with Crippen LogP contribution < -0.4 is 5.32 Å². The molecule has 0 aromatic heterocycles. The number of ether oxygens (including phenoxy) is 1. The molecule has 0 unspecified atom stereocenters. The predicted molar refractivity (Wildman–Crippen MR) is 118 cm³/mol. The van der Waals surface area contributed by atoms with Crippen molar-refractivity contribution in [2.75, 3.05) is 5.32 Å². The van der Waals surface area contributed by atoms with Gasteiger partial charge in [-0.2, -0.15) is 5.26 Å². The quantitative estimate of drug-likeness (QED) is 0.313. The number of carbonyl (C=O) groups is 2. The van der Waals surface area contributed by atoms with Gasteiger partial charge in [-0.3, -0.25) is 14.9 Å². The number of benzene rings is 3. The first kappa shape index (κ1) is 22.5. The van der Waals surface area contributed by atoms with Crippen LogP contribution in [0.2, 0.25) is 0 Å². The third kappa shape index (κ3) is 5.50. The highest BCUT2D eigenvalue weighted by Crippen LogP contribution is 2.33. The van der Waals surface area contributed by atoms with E-state index in [0.29, 0.717) is 15.4 Å². The van der Waals surface area contributed by atoms with Gasteiger partial charge in [-0.05, 0) is 37.3 Å². The summed E-state index contributed by atoms with van der Waals surface area (Å²) in [5.41, 5.74) is 0.776. The molecule has 3 rings (SSSR count). The van der Waals surface area contributed by atoms with Crippen LogP contribution in [0.5, 0.6) is 0 Å². The first-order valence-electron chi connectivity index (χ1n) is 9.41. The van der Waals surface area contributed by atoms with Gasteiger partial charge in [-0.15, -0.1) is 0 Å². The molecule has 9 heteroatoms. The Morgan fingerprint density at radius 3 is 2.47 bits per heavy atom. The zero-order valence-electron chi connectivity index (χ0n) is 16.8. The number of non-ortho nitro benzene ring substituents is 1. The number of carbonyl (C=O) groups excluding carboxylic acids is 2. The standard InChI is InChI=1S/C23H17N3O5S/c1-15(22(27)25-17-8-6-9-18(13-17)26(29)30)31-23(28)19-10-3-5-12-21(19)32-20-11-4-2-7-16(20)14-24/h2-13,15H,1H3,(H,25,27)/t15-/m1/s1. The van der Waals surface area contributed by atoms with Gasteiger partial charge in [0.25, 0.3) is 11.6 Å². The summed E-state index contributed by atoms with van der Waals surface area (Å²) in [7, 11) is 0. The Morgan fingerprint density at radius 1 is 1.06 bits per heavy atom. The first-order chi connectivity index (χ1) is 15.4. The van der Waals surface area contributed by atoms with Gasteiger partial charge in [0.2, 0.25) is 0 Å². The van der Waals surface area contributed by atoms with Crippen molar-refractivity contribution >= 4 is 35.0 Å². The lowest BCUT2D eigenvalue weighted by Gasteiger charge is -2.15. The number of esters is 1. The average Bonchev–Trinajstić information content (AvgIpc) is 2.79. The van der Waals surface area contributed by atoms with Crippen LogP contribution in [0.25, 0.3) is 0 Å². The SMILES string of the molecule is C[C@@H](OC(=O)c1ccccc1Sc1ccccc1C#N)C(=O)Nc1cccc([N+](=O)[O-])c1. The molecule has 0 bridgehead atoms. The van der Waals surface area contributed by atoms with E-state index in [2.05, 4.69) is 11.4 Å². The maximum absolute atomic E-state index is 12.8. The lowest BCUT2D eigenvalue weighted by Crippen LogP contribution is -2.30. The Labute approximate surface area is 188 Å². The third-order valence-electron chi connectivity index (χ3n) is 4.31. The van der Waals surface area contributed by atoms with Crippen LogP contribution in [-0.2, 0) is 9.53 Å². The fourth-order valence-electron chi connectivity index (χ4n) is 2.71. The van der Waals surface area contributed by atoms with E-state index < -0.39 is 22.9 Å². The lowest BCUT2D eigenvalue weighted by molar-refractivity contribution is -0.384. The second kappa shape index (κ2) is 10.2. The number of nitro benzene ring substituents is 1. The molecule has 0 heterocycles. The molecule has 0 radical (unpaired) electrons. The van der Waals surface area contributed by atoms with E-state index in [1.54, 1.807) is 48.5 Å². The number of hydrogen-bond acceptors (Lipinski definition) is 7. The molecule has 3 aromatic rings. The number of rotatable bonds is 7. The summed E-state index contributed by atoms with van der Waals surface area (Å²) in [5.74, 6) is -1.33. The minimum absolute atomic E-state index is 0.170. The summed E-state index contributed by atoms with van der Waals surface area (Å²) in [6, 6.07) is 21.3. The summed E-state index contributed by atoms with van der Waals surface area (Å²) >= 11 is 1.25. The van der Waals surface area contributed by atoms with Gasteiger partial charge < -0.3 is 10.1 Å². The van der Waals surface area contributed by atoms with Crippen molar-refractivity contribution < 1.29 is 19.2 Å². The van der Waals surface area contributed by atoms with Crippen molar-refractivity contribution in [2.24, 2.45) is 0 Å². The van der Waals surface area contributed by atoms with E-state index in [1.807, 2.05) is 0 Å². The molecule has 0 fully saturated rings. The molecule has 160 valence electrons. The van der Waals surface area contributed by atoms with Crippen LogP contribution in [0.15, 0.2) is 82.6 Å². The van der Waals surface area contributed by atoms with Crippen LogP contribution in [0.4, 0.5) is 11.4 Å². The predicted octanol–water partition coefficient (Wildman–Crippen LogP) is 4.80. The van der Waals surface area contributed by atoms with E-state index in [-0.39, 0.29) is 16.9 Å². The highest BCUT2D eigenvalue weighted by atomic mass is 32.2. The van der Waals surface area contributed by atoms with Crippen LogP contribution in [0.3, 0.4) is 0 Å². The number of anilines is 1. The Morgan fingerprint density at radius 2 is 1.75 bits per heavy atom. The number of nitriles is 1. The largest absolute Gasteiger partial charge is 0.449 e. The minimum Gasteiger partial charge on any atom is -0.449 e. The third-order valence-corrected chi connectivity index (χ3v) is 5.46. The summed E-state index contributed by atoms with van der Waals surface area (Å²) < 4.78 is 5.32. The van der Waals surface area contributed by atoms with E-state index >= 15 is 0 Å². The topological polar surface area (TPSA) is 122 Å². The maximum Gasteiger partial charge on any atom is 0.340 e. The zero-order valence-corrected chi connectivity index (χ0v) is 17.7. The molecule has 0 aliphatic carbocycles. The molecule has 0 spiro atoms. The Hall–Kier alpha value is -4.16. The second-order valence-electron chi connectivity index (χ2n) is 6.55. The van der Waals surface area contributed by atoms with E-state index in [9.17, 15) is 25.0 Å². The van der Waals surface area contributed by atoms with Gasteiger partial charge in [0.15, 0.2) is 6.10 Å². The van der Waals surface area contributed by atoms with Crippen molar-refractivity contribution in [3.63, 3.8) is 0 Å². The number of amides is 1. The van der Waals surface area contributed by atoms with Gasteiger partial charge in [-0.25, -0.2) is 4.79 Å². The smallest absolute Gasteiger partial charge is 0.340 e. The Kier molecular flexibility index (Phi) is 7.21. The fraction of sp³-hybridized carbons (Fsp3) is 0.0870. The zero-order chi connectivity index (χ0) is 23.1. The molecule has 32 heavy (non-hydrogen) atoms. The molecular formula is C23H17N3O5S. The molecule has 8 nitrogen and oxygen atoms in total. The summed E-state index contributed by atoms with van der Waals surface area (Å²) in [5, 5.41) is 22.7. The molecule has 1 N–H and O–H groups in total. The summed E-state index contributed by atoms with van der Waals surface area (Å²) in [6.07, 6.45) is -1.15. The highest BCUT2D eigenvalue weighted by molar-refractivity contribution is 7.99. The minimum atomic E-state index is -1.15. The molecule has 1 atom stereocenters. The number of nitrogens with zero attached hydrogens (tertiary/aromatic N) is 2. The number of nitrogens with one attached hydrogen (secondary N) is 1. The second-order valence-corrected chi connectivity index (χ2v) is 7.63. The molecule has 0 saturated heterocycles. The van der Waals surface area contributed by atoms with Gasteiger partial charge in [0, 0.05) is 27.6 Å². The molecular weight excluding hydrogens is 430 g/mol. The van der Waals surface area contributed by atoms with Crippen LogP contribution in [0.1, 0.15) is 22.8 Å². The van der Waals surface area contributed by atoms with Crippen molar-refractivity contribution in [1.82, 2.24) is 0 Å². The van der Waals surface area contributed by atoms with E-state index in [1.165, 1.54) is 43.0 Å². The molecule has 0 aliphatic rings. The van der Waals surface area contributed by atoms with Crippen LogP contribution >= 0.6 is 11.8 Å². The van der Waals surface area contributed by atoms with Gasteiger partial charge in [0.05, 0.1) is 16.1 Å². The van der Waals surface area contributed by atoms with Crippen LogP contribution in [0, 0.1) is 21.4 Å². The summed E-state index contributed by atoms with van der Waals surface area (Å²) in [6.45, 7) is 1.41. The lowest BCUT2D eigenvalue weighted by atomic mass is 10.2. The van der Waals surface area contributed by atoms with E-state index in [4.69, 9.17) is 4.74 Å². The number of hydrogen-bond donors (Lipinski definition) is 1. The molecule has 1 amide bonds. The van der Waals surface area contributed by atoms with E-state index in [0.717, 1.165) is 0 Å². The average molecular weight is 447 g/mol. The first-order valence-corrected chi connectivity index (χ1v) is 10.2. The fourth-order valence-corrected chi connectivity index (χ4v) is 3.72. The molecule has 0 aliphatic heterocycles.